The number of hydrogen-bond donors (Lipinski definition) is 3. The van der Waals surface area contributed by atoms with Crippen LogP contribution in [0.25, 0.3) is 0 Å². The van der Waals surface area contributed by atoms with E-state index in [2.05, 4.69) is 0 Å². The van der Waals surface area contributed by atoms with Gasteiger partial charge in [0.15, 0.2) is 0 Å². The van der Waals surface area contributed by atoms with Gasteiger partial charge in [0.1, 0.15) is 0 Å². The van der Waals surface area contributed by atoms with Crippen molar-refractivity contribution in [3.05, 3.63) is 35.9 Å². The molecule has 0 radical (unpaired) electrons. The number of aliphatic hydroxyl groups is 3. The lowest BCUT2D eigenvalue weighted by molar-refractivity contribution is 0.0874. The molecule has 16 heavy (non-hydrogen) atoms. The Morgan fingerprint density at radius 2 is 1.56 bits per heavy atom. The number of aliphatic hydroxyl groups excluding tert-OH is 3. The number of benzene rings is 1. The predicted molar refractivity (Wildman–Crippen MR) is 62.0 cm³/mol. The summed E-state index contributed by atoms with van der Waals surface area (Å²) in [6.07, 6.45) is -0.584. The van der Waals surface area contributed by atoms with Crippen LogP contribution in [0.1, 0.15) is 11.7 Å². The third kappa shape index (κ3) is 4.28. The van der Waals surface area contributed by atoms with Gasteiger partial charge in [0.25, 0.3) is 0 Å². The van der Waals surface area contributed by atoms with Gasteiger partial charge < -0.3 is 15.3 Å². The largest absolute Gasteiger partial charge is 0.395 e. The van der Waals surface area contributed by atoms with Crippen LogP contribution in [0, 0.1) is 0 Å². The molecule has 0 spiro atoms. The van der Waals surface area contributed by atoms with Crippen LogP contribution in [0.5, 0.6) is 0 Å². The summed E-state index contributed by atoms with van der Waals surface area (Å²) in [5.74, 6) is 0. The van der Waals surface area contributed by atoms with Crippen molar-refractivity contribution >= 4 is 0 Å². The molecule has 0 saturated heterocycles. The molecule has 0 amide bonds. The second kappa shape index (κ2) is 7.35. The third-order valence-electron chi connectivity index (χ3n) is 2.45. The van der Waals surface area contributed by atoms with Gasteiger partial charge in [0.05, 0.1) is 19.3 Å². The fourth-order valence-corrected chi connectivity index (χ4v) is 1.60. The lowest BCUT2D eigenvalue weighted by Gasteiger charge is -2.23. The van der Waals surface area contributed by atoms with Crippen molar-refractivity contribution in [2.75, 3.05) is 32.8 Å². The molecule has 3 N–H and O–H groups in total. The molecular weight excluding hydrogens is 206 g/mol. The Labute approximate surface area is 95.8 Å². The van der Waals surface area contributed by atoms with Crippen molar-refractivity contribution in [1.82, 2.24) is 4.90 Å². The molecule has 1 aromatic carbocycles. The van der Waals surface area contributed by atoms with E-state index in [1.807, 2.05) is 35.2 Å². The first-order valence-electron chi connectivity index (χ1n) is 5.45. The summed E-state index contributed by atoms with van der Waals surface area (Å²) < 4.78 is 0. The molecule has 1 aromatic rings. The van der Waals surface area contributed by atoms with E-state index in [4.69, 9.17) is 10.2 Å². The van der Waals surface area contributed by atoms with Crippen molar-refractivity contribution < 1.29 is 15.3 Å². The molecule has 1 atom stereocenters. The minimum Gasteiger partial charge on any atom is -0.395 e. The van der Waals surface area contributed by atoms with Crippen molar-refractivity contribution in [1.29, 1.82) is 0 Å². The maximum atomic E-state index is 9.94. The monoisotopic (exact) mass is 225 g/mol. The molecule has 0 saturated carbocycles. The summed E-state index contributed by atoms with van der Waals surface area (Å²) in [5.41, 5.74) is 0.850. The average molecular weight is 225 g/mol. The molecule has 4 heteroatoms. The molecule has 0 aromatic heterocycles. The first-order valence-corrected chi connectivity index (χ1v) is 5.45. The van der Waals surface area contributed by atoms with Gasteiger partial charge in [-0.2, -0.15) is 0 Å². The highest BCUT2D eigenvalue weighted by atomic mass is 16.3. The molecule has 0 aliphatic carbocycles. The normalized spacial score (nSPS) is 13.0. The van der Waals surface area contributed by atoms with Crippen molar-refractivity contribution in [2.45, 2.75) is 6.10 Å². The zero-order valence-corrected chi connectivity index (χ0v) is 9.29. The van der Waals surface area contributed by atoms with Gasteiger partial charge in [-0.15, -0.1) is 0 Å². The van der Waals surface area contributed by atoms with Gasteiger partial charge in [0.2, 0.25) is 0 Å². The van der Waals surface area contributed by atoms with Gasteiger partial charge in [-0.3, -0.25) is 4.90 Å². The highest BCUT2D eigenvalue weighted by Crippen LogP contribution is 2.13. The second-order valence-corrected chi connectivity index (χ2v) is 3.67. The highest BCUT2D eigenvalue weighted by Gasteiger charge is 2.12. The minimum atomic E-state index is -0.584. The number of nitrogens with zero attached hydrogens (tertiary/aromatic N) is 1. The summed E-state index contributed by atoms with van der Waals surface area (Å²) in [6, 6.07) is 9.37. The van der Waals surface area contributed by atoms with Crippen LogP contribution in [-0.4, -0.2) is 53.1 Å². The Balaban J connectivity index is 2.50. The first-order chi connectivity index (χ1) is 7.77. The Morgan fingerprint density at radius 1 is 1.00 bits per heavy atom. The molecule has 0 fully saturated rings. The minimum absolute atomic E-state index is 0.0293. The van der Waals surface area contributed by atoms with E-state index in [-0.39, 0.29) is 13.2 Å². The second-order valence-electron chi connectivity index (χ2n) is 3.67. The van der Waals surface area contributed by atoms with E-state index in [1.165, 1.54) is 0 Å². The summed E-state index contributed by atoms with van der Waals surface area (Å²) in [7, 11) is 0. The van der Waals surface area contributed by atoms with Crippen LogP contribution in [0.2, 0.25) is 0 Å². The maximum Gasteiger partial charge on any atom is 0.0916 e. The molecule has 0 aliphatic rings. The lowest BCUT2D eigenvalue weighted by Crippen LogP contribution is -2.33. The Morgan fingerprint density at radius 3 is 2.06 bits per heavy atom. The summed E-state index contributed by atoms with van der Waals surface area (Å²) >= 11 is 0. The van der Waals surface area contributed by atoms with Crippen LogP contribution < -0.4 is 0 Å². The molecular formula is C12H19NO3. The van der Waals surface area contributed by atoms with Gasteiger partial charge in [0, 0.05) is 19.6 Å². The van der Waals surface area contributed by atoms with Crippen LogP contribution >= 0.6 is 0 Å². The zero-order valence-electron chi connectivity index (χ0n) is 9.29. The van der Waals surface area contributed by atoms with E-state index >= 15 is 0 Å². The van der Waals surface area contributed by atoms with Crippen LogP contribution in [0.4, 0.5) is 0 Å². The van der Waals surface area contributed by atoms with E-state index in [1.54, 1.807) is 0 Å². The highest BCUT2D eigenvalue weighted by molar-refractivity contribution is 5.17. The predicted octanol–water partition coefficient (Wildman–Crippen LogP) is 0.00660. The molecule has 90 valence electrons. The third-order valence-corrected chi connectivity index (χ3v) is 2.45. The molecule has 0 bridgehead atoms. The van der Waals surface area contributed by atoms with E-state index in [9.17, 15) is 5.11 Å². The van der Waals surface area contributed by atoms with Gasteiger partial charge >= 0.3 is 0 Å². The molecule has 0 heterocycles. The molecule has 0 aliphatic heterocycles. The van der Waals surface area contributed by atoms with Crippen molar-refractivity contribution in [3.8, 4) is 0 Å². The van der Waals surface area contributed by atoms with Crippen LogP contribution in [-0.2, 0) is 0 Å². The Bertz CT molecular complexity index is 273. The summed E-state index contributed by atoms with van der Waals surface area (Å²) in [6.45, 7) is 1.41. The summed E-state index contributed by atoms with van der Waals surface area (Å²) in [4.78, 5) is 1.83. The first kappa shape index (κ1) is 13.1. The SMILES string of the molecule is OCCN(CCO)C[C@@H](O)c1ccccc1. The number of hydrogen-bond acceptors (Lipinski definition) is 4. The van der Waals surface area contributed by atoms with Crippen molar-refractivity contribution in [3.63, 3.8) is 0 Å². The quantitative estimate of drug-likeness (QED) is 0.611. The average Bonchev–Trinajstić information content (AvgIpc) is 2.31. The molecule has 0 unspecified atom stereocenters. The smallest absolute Gasteiger partial charge is 0.0916 e. The number of rotatable bonds is 7. The van der Waals surface area contributed by atoms with Crippen molar-refractivity contribution in [2.24, 2.45) is 0 Å². The fraction of sp³-hybridized carbons (Fsp3) is 0.500. The molecule has 4 nitrogen and oxygen atoms in total. The van der Waals surface area contributed by atoms with E-state index in [0.717, 1.165) is 5.56 Å². The van der Waals surface area contributed by atoms with E-state index in [0.29, 0.717) is 19.6 Å². The van der Waals surface area contributed by atoms with Gasteiger partial charge in [-0.1, -0.05) is 30.3 Å². The fourth-order valence-electron chi connectivity index (χ4n) is 1.60. The zero-order chi connectivity index (χ0) is 11.8. The van der Waals surface area contributed by atoms with Gasteiger partial charge in [-0.25, -0.2) is 0 Å². The van der Waals surface area contributed by atoms with Crippen LogP contribution in [0.15, 0.2) is 30.3 Å². The Hall–Kier alpha value is -0.940. The lowest BCUT2D eigenvalue weighted by atomic mass is 10.1. The van der Waals surface area contributed by atoms with Gasteiger partial charge in [-0.05, 0) is 5.56 Å². The standard InChI is InChI=1S/C12H19NO3/c14-8-6-13(7-9-15)10-12(16)11-4-2-1-3-5-11/h1-5,12,14-16H,6-10H2/t12-/m1/s1. The Kier molecular flexibility index (Phi) is 6.03. The topological polar surface area (TPSA) is 63.9 Å². The summed E-state index contributed by atoms with van der Waals surface area (Å²) in [5, 5.41) is 27.6. The molecule has 1 rings (SSSR count). The maximum absolute atomic E-state index is 9.94. The van der Waals surface area contributed by atoms with E-state index < -0.39 is 6.10 Å². The van der Waals surface area contributed by atoms with Crippen LogP contribution in [0.3, 0.4) is 0 Å².